The van der Waals surface area contributed by atoms with Gasteiger partial charge in [-0.15, -0.1) is 5.10 Å². The van der Waals surface area contributed by atoms with Crippen LogP contribution in [0.2, 0.25) is 0 Å². The summed E-state index contributed by atoms with van der Waals surface area (Å²) in [6.07, 6.45) is 2.70. The van der Waals surface area contributed by atoms with Crippen molar-refractivity contribution in [1.29, 1.82) is 0 Å². The highest BCUT2D eigenvalue weighted by atomic mass is 16.3. The lowest BCUT2D eigenvalue weighted by atomic mass is 9.77. The third-order valence-corrected chi connectivity index (χ3v) is 3.00. The first-order valence-electron chi connectivity index (χ1n) is 5.17. The second-order valence-electron chi connectivity index (χ2n) is 4.63. The third-order valence-electron chi connectivity index (χ3n) is 3.00. The van der Waals surface area contributed by atoms with Gasteiger partial charge in [0.25, 0.3) is 0 Å². The van der Waals surface area contributed by atoms with E-state index in [1.807, 2.05) is 6.92 Å². The molecule has 1 aliphatic carbocycles. The van der Waals surface area contributed by atoms with Crippen molar-refractivity contribution in [1.82, 2.24) is 20.0 Å². The zero-order valence-corrected chi connectivity index (χ0v) is 8.83. The number of aliphatic hydroxyl groups is 1. The Labute approximate surface area is 91.5 Å². The Morgan fingerprint density at radius 2 is 2.25 bits per heavy atom. The average molecular weight is 220 g/mol. The Hall–Kier alpha value is -1.69. The maximum Gasteiger partial charge on any atom is 0.178 e. The van der Waals surface area contributed by atoms with Crippen LogP contribution in [0.1, 0.15) is 25.8 Å². The van der Waals surface area contributed by atoms with E-state index in [0.717, 1.165) is 0 Å². The van der Waals surface area contributed by atoms with Crippen LogP contribution in [-0.2, 0) is 0 Å². The van der Waals surface area contributed by atoms with E-state index in [0.29, 0.717) is 24.0 Å². The van der Waals surface area contributed by atoms with Gasteiger partial charge >= 0.3 is 0 Å². The van der Waals surface area contributed by atoms with Crippen molar-refractivity contribution in [2.24, 2.45) is 0 Å². The number of hydrogen-bond donors (Lipinski definition) is 2. The summed E-state index contributed by atoms with van der Waals surface area (Å²) in [4.78, 5) is 4.10. The lowest BCUT2D eigenvalue weighted by Crippen LogP contribution is -2.42. The van der Waals surface area contributed by atoms with Gasteiger partial charge in [0.05, 0.1) is 17.8 Å². The van der Waals surface area contributed by atoms with Crippen molar-refractivity contribution in [2.45, 2.75) is 31.4 Å². The summed E-state index contributed by atoms with van der Waals surface area (Å²) >= 11 is 0. The zero-order chi connectivity index (χ0) is 11.3. The number of nitrogens with zero attached hydrogens (tertiary/aromatic N) is 4. The molecule has 16 heavy (non-hydrogen) atoms. The van der Waals surface area contributed by atoms with E-state index in [1.165, 1.54) is 12.3 Å². The normalized spacial score (nSPS) is 29.2. The Morgan fingerprint density at radius 3 is 2.94 bits per heavy atom. The third kappa shape index (κ3) is 1.34. The van der Waals surface area contributed by atoms with Crippen LogP contribution in [0.3, 0.4) is 0 Å². The summed E-state index contributed by atoms with van der Waals surface area (Å²) in [5, 5.41) is 26.9. The fourth-order valence-electron chi connectivity index (χ4n) is 2.20. The fraction of sp³-hybridized carbons (Fsp3) is 0.500. The van der Waals surface area contributed by atoms with Gasteiger partial charge in [0, 0.05) is 6.07 Å². The molecule has 2 heterocycles. The van der Waals surface area contributed by atoms with E-state index in [2.05, 4.69) is 15.3 Å². The molecule has 2 aromatic rings. The predicted molar refractivity (Wildman–Crippen MR) is 55.9 cm³/mol. The summed E-state index contributed by atoms with van der Waals surface area (Å²) in [6, 6.07) is 1.68. The second kappa shape index (κ2) is 2.91. The molecule has 1 fully saturated rings. The highest BCUT2D eigenvalue weighted by molar-refractivity contribution is 5.71. The number of aromatic hydroxyl groups is 1. The fourth-order valence-corrected chi connectivity index (χ4v) is 2.20. The van der Waals surface area contributed by atoms with Crippen LogP contribution in [0.4, 0.5) is 0 Å². The van der Waals surface area contributed by atoms with Gasteiger partial charge in [0.2, 0.25) is 0 Å². The second-order valence-corrected chi connectivity index (χ2v) is 4.63. The van der Waals surface area contributed by atoms with Crippen LogP contribution < -0.4 is 0 Å². The summed E-state index contributed by atoms with van der Waals surface area (Å²) in [7, 11) is 0. The molecule has 0 amide bonds. The molecule has 2 N–H and O–H groups in total. The lowest BCUT2D eigenvalue weighted by Gasteiger charge is -2.40. The van der Waals surface area contributed by atoms with Crippen LogP contribution in [0.15, 0.2) is 12.3 Å². The lowest BCUT2D eigenvalue weighted by molar-refractivity contribution is -0.0536. The number of fused-ring (bicyclic) bond motifs is 1. The summed E-state index contributed by atoms with van der Waals surface area (Å²) in [5.74, 6) is 0.0835. The summed E-state index contributed by atoms with van der Waals surface area (Å²) in [5.41, 5.74) is 0.629. The van der Waals surface area contributed by atoms with Crippen molar-refractivity contribution in [3.8, 4) is 5.75 Å². The minimum atomic E-state index is -0.597. The van der Waals surface area contributed by atoms with E-state index in [1.54, 1.807) is 4.68 Å². The number of rotatable bonds is 1. The minimum Gasteiger partial charge on any atom is -0.506 e. The van der Waals surface area contributed by atoms with Crippen LogP contribution in [0.5, 0.6) is 5.75 Å². The van der Waals surface area contributed by atoms with Gasteiger partial charge in [-0.25, -0.2) is 9.67 Å². The van der Waals surface area contributed by atoms with Crippen LogP contribution >= 0.6 is 0 Å². The molecule has 2 aromatic heterocycles. The molecular formula is C10H12N4O2. The maximum atomic E-state index is 9.68. The first-order chi connectivity index (χ1) is 7.55. The molecule has 6 heteroatoms. The Morgan fingerprint density at radius 1 is 1.50 bits per heavy atom. The smallest absolute Gasteiger partial charge is 0.178 e. The highest BCUT2D eigenvalue weighted by Gasteiger charge is 2.40. The topological polar surface area (TPSA) is 84.1 Å². The van der Waals surface area contributed by atoms with Crippen molar-refractivity contribution >= 4 is 11.2 Å². The molecule has 1 saturated carbocycles. The molecule has 0 atom stereocenters. The largest absolute Gasteiger partial charge is 0.506 e. The van der Waals surface area contributed by atoms with Crippen molar-refractivity contribution in [3.05, 3.63) is 12.3 Å². The van der Waals surface area contributed by atoms with Gasteiger partial charge in [0.15, 0.2) is 5.65 Å². The molecule has 3 rings (SSSR count). The monoisotopic (exact) mass is 220 g/mol. The summed E-state index contributed by atoms with van der Waals surface area (Å²) in [6.45, 7) is 1.81. The standard InChI is InChI=1S/C10H12N4O2/c1-10(16)3-6(4-10)14-9-8(12-13-14)2-7(15)5-11-9/h2,5-6,15-16H,3-4H2,1H3. The molecule has 0 unspecified atom stereocenters. The number of hydrogen-bond acceptors (Lipinski definition) is 5. The van der Waals surface area contributed by atoms with Crippen molar-refractivity contribution in [3.63, 3.8) is 0 Å². The Bertz CT molecular complexity index is 541. The number of pyridine rings is 1. The van der Waals surface area contributed by atoms with Gasteiger partial charge in [-0.1, -0.05) is 5.21 Å². The molecule has 0 saturated heterocycles. The van der Waals surface area contributed by atoms with E-state index < -0.39 is 5.60 Å². The molecule has 6 nitrogen and oxygen atoms in total. The van der Waals surface area contributed by atoms with Gasteiger partial charge in [-0.05, 0) is 19.8 Å². The van der Waals surface area contributed by atoms with Crippen LogP contribution in [-0.4, -0.2) is 35.8 Å². The molecule has 0 aromatic carbocycles. The first kappa shape index (κ1) is 9.53. The van der Waals surface area contributed by atoms with E-state index >= 15 is 0 Å². The van der Waals surface area contributed by atoms with Gasteiger partial charge < -0.3 is 10.2 Å². The van der Waals surface area contributed by atoms with E-state index in [4.69, 9.17) is 0 Å². The zero-order valence-electron chi connectivity index (χ0n) is 8.83. The van der Waals surface area contributed by atoms with Crippen molar-refractivity contribution in [2.75, 3.05) is 0 Å². The van der Waals surface area contributed by atoms with Gasteiger partial charge in [-0.2, -0.15) is 0 Å². The predicted octanol–water partition coefficient (Wildman–Crippen LogP) is 0.618. The summed E-state index contributed by atoms with van der Waals surface area (Å²) < 4.78 is 1.72. The molecule has 0 aliphatic heterocycles. The molecule has 0 radical (unpaired) electrons. The molecular weight excluding hydrogens is 208 g/mol. The number of aromatic nitrogens is 4. The van der Waals surface area contributed by atoms with Crippen LogP contribution in [0, 0.1) is 0 Å². The van der Waals surface area contributed by atoms with E-state index in [9.17, 15) is 10.2 Å². The molecule has 0 spiro atoms. The first-order valence-corrected chi connectivity index (χ1v) is 5.17. The molecule has 1 aliphatic rings. The SMILES string of the molecule is CC1(O)CC(n2nnc3cc(O)cnc32)C1. The maximum absolute atomic E-state index is 9.68. The van der Waals surface area contributed by atoms with Crippen LogP contribution in [0.25, 0.3) is 11.2 Å². The van der Waals surface area contributed by atoms with Crippen molar-refractivity contribution < 1.29 is 10.2 Å². The molecule has 0 bridgehead atoms. The minimum absolute atomic E-state index is 0.0835. The quantitative estimate of drug-likeness (QED) is 0.735. The van der Waals surface area contributed by atoms with E-state index in [-0.39, 0.29) is 11.8 Å². The van der Waals surface area contributed by atoms with Gasteiger partial charge in [0.1, 0.15) is 11.3 Å². The Kier molecular flexibility index (Phi) is 1.74. The highest BCUT2D eigenvalue weighted by Crippen LogP contribution is 2.41. The Balaban J connectivity index is 2.00. The molecule has 84 valence electrons. The van der Waals surface area contributed by atoms with Gasteiger partial charge in [-0.3, -0.25) is 0 Å². The average Bonchev–Trinajstić information content (AvgIpc) is 2.56.